The van der Waals surface area contributed by atoms with Crippen LogP contribution in [0.5, 0.6) is 11.5 Å². The number of aromatic nitrogens is 1. The third-order valence-corrected chi connectivity index (χ3v) is 5.20. The maximum atomic E-state index is 12.1. The lowest BCUT2D eigenvalue weighted by Gasteiger charge is -2.06. The van der Waals surface area contributed by atoms with E-state index < -0.39 is 0 Å². The van der Waals surface area contributed by atoms with Crippen LogP contribution in [0.2, 0.25) is 0 Å². The molecule has 1 saturated carbocycles. The highest BCUT2D eigenvalue weighted by molar-refractivity contribution is 7.16. The SMILES string of the molecule is CCOC(=O)CCn1c(=NC(=O)C2CC2)sc2cc3c(cc21)OCO3. The normalized spacial score (nSPS) is 16.4. The van der Waals surface area contributed by atoms with Crippen molar-refractivity contribution in [1.82, 2.24) is 4.57 Å². The van der Waals surface area contributed by atoms with Crippen LogP contribution in [-0.2, 0) is 20.9 Å². The summed E-state index contributed by atoms with van der Waals surface area (Å²) in [5, 5.41) is 0. The Labute approximate surface area is 147 Å². The minimum absolute atomic E-state index is 0.0559. The third-order valence-electron chi connectivity index (χ3n) is 4.15. The second kappa shape index (κ2) is 6.51. The van der Waals surface area contributed by atoms with E-state index in [-0.39, 0.29) is 31.0 Å². The zero-order valence-corrected chi connectivity index (χ0v) is 14.6. The van der Waals surface area contributed by atoms with Crippen LogP contribution in [0, 0.1) is 5.92 Å². The Hall–Kier alpha value is -2.35. The van der Waals surface area contributed by atoms with Crippen molar-refractivity contribution in [3.05, 3.63) is 16.9 Å². The molecular weight excluding hydrogens is 344 g/mol. The van der Waals surface area contributed by atoms with Crippen LogP contribution < -0.4 is 14.3 Å². The molecule has 8 heteroatoms. The van der Waals surface area contributed by atoms with Gasteiger partial charge in [-0.3, -0.25) is 9.59 Å². The molecule has 1 amide bonds. The standard InChI is InChI=1S/C17H18N2O5S/c1-2-22-15(20)5-6-19-11-7-12-13(24-9-23-12)8-14(11)25-17(19)18-16(21)10-3-4-10/h7-8,10H,2-6,9H2,1H3. The summed E-state index contributed by atoms with van der Waals surface area (Å²) in [5.41, 5.74) is 0.876. The number of nitrogens with zero attached hydrogens (tertiary/aromatic N) is 2. The van der Waals surface area contributed by atoms with Gasteiger partial charge < -0.3 is 18.8 Å². The van der Waals surface area contributed by atoms with Crippen LogP contribution in [0.15, 0.2) is 17.1 Å². The largest absolute Gasteiger partial charge is 0.466 e. The summed E-state index contributed by atoms with van der Waals surface area (Å²) in [7, 11) is 0. The highest BCUT2D eigenvalue weighted by Crippen LogP contribution is 2.37. The number of benzene rings is 1. The fourth-order valence-corrected chi connectivity index (χ4v) is 3.78. The Morgan fingerprint density at radius 1 is 1.32 bits per heavy atom. The number of aryl methyl sites for hydroxylation is 1. The van der Waals surface area contributed by atoms with Crippen molar-refractivity contribution in [2.45, 2.75) is 32.7 Å². The van der Waals surface area contributed by atoms with Gasteiger partial charge in [-0.05, 0) is 19.8 Å². The van der Waals surface area contributed by atoms with Crippen molar-refractivity contribution < 1.29 is 23.8 Å². The van der Waals surface area contributed by atoms with Crippen LogP contribution in [0.3, 0.4) is 0 Å². The Kier molecular flexibility index (Phi) is 4.20. The van der Waals surface area contributed by atoms with Crippen molar-refractivity contribution in [2.24, 2.45) is 10.9 Å². The van der Waals surface area contributed by atoms with Gasteiger partial charge in [0.2, 0.25) is 6.79 Å². The van der Waals surface area contributed by atoms with Crippen molar-refractivity contribution in [3.8, 4) is 11.5 Å². The molecule has 2 heterocycles. The zero-order chi connectivity index (χ0) is 17.4. The van der Waals surface area contributed by atoms with Gasteiger partial charge >= 0.3 is 5.97 Å². The first-order valence-corrected chi connectivity index (χ1v) is 9.14. The van der Waals surface area contributed by atoms with E-state index >= 15 is 0 Å². The molecule has 1 aliphatic heterocycles. The van der Waals surface area contributed by atoms with Crippen molar-refractivity contribution in [1.29, 1.82) is 0 Å². The van der Waals surface area contributed by atoms with Crippen LogP contribution in [-0.4, -0.2) is 29.8 Å². The maximum absolute atomic E-state index is 12.1. The van der Waals surface area contributed by atoms with Gasteiger partial charge in [0.05, 0.1) is 23.2 Å². The number of carbonyl (C=O) groups is 2. The van der Waals surface area contributed by atoms with E-state index in [0.29, 0.717) is 29.5 Å². The molecule has 132 valence electrons. The number of thiazole rings is 1. The topological polar surface area (TPSA) is 79.1 Å². The quantitative estimate of drug-likeness (QED) is 0.762. The van der Waals surface area contributed by atoms with Gasteiger partial charge in [0, 0.05) is 24.6 Å². The molecular formula is C17H18N2O5S. The van der Waals surface area contributed by atoms with E-state index in [1.807, 2.05) is 16.7 Å². The summed E-state index contributed by atoms with van der Waals surface area (Å²) in [5.74, 6) is 1.05. The van der Waals surface area contributed by atoms with E-state index in [1.54, 1.807) is 6.92 Å². The summed E-state index contributed by atoms with van der Waals surface area (Å²) in [6, 6.07) is 3.77. The minimum atomic E-state index is -0.269. The predicted molar refractivity (Wildman–Crippen MR) is 90.5 cm³/mol. The number of amides is 1. The molecule has 25 heavy (non-hydrogen) atoms. The first kappa shape index (κ1) is 16.1. The van der Waals surface area contributed by atoms with Crippen LogP contribution in [0.1, 0.15) is 26.2 Å². The summed E-state index contributed by atoms with van der Waals surface area (Å²) in [6.07, 6.45) is 2.04. The Morgan fingerprint density at radius 3 is 2.80 bits per heavy atom. The van der Waals surface area contributed by atoms with Gasteiger partial charge in [-0.1, -0.05) is 11.3 Å². The average molecular weight is 362 g/mol. The summed E-state index contributed by atoms with van der Waals surface area (Å²) >= 11 is 1.42. The number of esters is 1. The van der Waals surface area contributed by atoms with Crippen molar-refractivity contribution in [2.75, 3.05) is 13.4 Å². The van der Waals surface area contributed by atoms with Crippen LogP contribution in [0.25, 0.3) is 10.2 Å². The first-order valence-electron chi connectivity index (χ1n) is 8.33. The highest BCUT2D eigenvalue weighted by Gasteiger charge is 2.29. The summed E-state index contributed by atoms with van der Waals surface area (Å²) < 4.78 is 18.7. The van der Waals surface area contributed by atoms with E-state index in [2.05, 4.69) is 4.99 Å². The molecule has 0 bridgehead atoms. The van der Waals surface area contributed by atoms with E-state index in [9.17, 15) is 9.59 Å². The number of rotatable bonds is 5. The molecule has 0 N–H and O–H groups in total. The van der Waals surface area contributed by atoms with Crippen LogP contribution >= 0.6 is 11.3 Å². The number of ether oxygens (including phenoxy) is 3. The molecule has 0 saturated heterocycles. The molecule has 1 fully saturated rings. The summed E-state index contributed by atoms with van der Waals surface area (Å²) in [6.45, 7) is 2.73. The Balaban J connectivity index is 1.75. The molecule has 0 unspecified atom stereocenters. The second-order valence-electron chi connectivity index (χ2n) is 5.99. The molecule has 7 nitrogen and oxygen atoms in total. The molecule has 4 rings (SSSR count). The summed E-state index contributed by atoms with van der Waals surface area (Å²) in [4.78, 5) is 28.8. The fraction of sp³-hybridized carbons (Fsp3) is 0.471. The monoisotopic (exact) mass is 362 g/mol. The Bertz CT molecular complexity index is 910. The lowest BCUT2D eigenvalue weighted by Crippen LogP contribution is -2.19. The minimum Gasteiger partial charge on any atom is -0.466 e. The van der Waals surface area contributed by atoms with E-state index in [4.69, 9.17) is 14.2 Å². The predicted octanol–water partition coefficient (Wildman–Crippen LogP) is 2.22. The molecule has 1 aromatic heterocycles. The van der Waals surface area contributed by atoms with E-state index in [0.717, 1.165) is 23.1 Å². The number of hydrogen-bond acceptors (Lipinski definition) is 6. The van der Waals surface area contributed by atoms with Gasteiger partial charge in [-0.15, -0.1) is 0 Å². The van der Waals surface area contributed by atoms with Gasteiger partial charge in [0.1, 0.15) is 0 Å². The Morgan fingerprint density at radius 2 is 2.08 bits per heavy atom. The van der Waals surface area contributed by atoms with Gasteiger partial charge in [-0.25, -0.2) is 0 Å². The number of fused-ring (bicyclic) bond motifs is 2. The molecule has 2 aliphatic rings. The fourth-order valence-electron chi connectivity index (χ4n) is 2.71. The van der Waals surface area contributed by atoms with Gasteiger partial charge in [0.15, 0.2) is 16.3 Å². The smallest absolute Gasteiger partial charge is 0.307 e. The lowest BCUT2D eigenvalue weighted by atomic mass is 10.3. The average Bonchev–Trinajstić information content (AvgIpc) is 3.26. The first-order chi connectivity index (χ1) is 12.2. The zero-order valence-electron chi connectivity index (χ0n) is 13.8. The van der Waals surface area contributed by atoms with Crippen LogP contribution in [0.4, 0.5) is 0 Å². The van der Waals surface area contributed by atoms with Gasteiger partial charge in [-0.2, -0.15) is 4.99 Å². The second-order valence-corrected chi connectivity index (χ2v) is 7.00. The number of hydrogen-bond donors (Lipinski definition) is 0. The molecule has 1 aliphatic carbocycles. The lowest BCUT2D eigenvalue weighted by molar-refractivity contribution is -0.143. The van der Waals surface area contributed by atoms with E-state index in [1.165, 1.54) is 11.3 Å². The third kappa shape index (κ3) is 3.26. The van der Waals surface area contributed by atoms with Gasteiger partial charge in [0.25, 0.3) is 5.91 Å². The molecule has 0 atom stereocenters. The molecule has 0 radical (unpaired) electrons. The van der Waals surface area contributed by atoms with Crippen molar-refractivity contribution >= 4 is 33.4 Å². The molecule has 0 spiro atoms. The highest BCUT2D eigenvalue weighted by atomic mass is 32.1. The molecule has 2 aromatic rings. The number of carbonyl (C=O) groups excluding carboxylic acids is 2. The maximum Gasteiger partial charge on any atom is 0.307 e. The van der Waals surface area contributed by atoms with Crippen molar-refractivity contribution in [3.63, 3.8) is 0 Å². The molecule has 1 aromatic carbocycles.